The zero-order valence-corrected chi connectivity index (χ0v) is 21.5. The number of hydrogen-bond acceptors (Lipinski definition) is 4. The smallest absolute Gasteiger partial charge is 0.271 e. The minimum absolute atomic E-state index is 0.223. The van der Waals surface area contributed by atoms with Crippen LogP contribution >= 0.6 is 11.6 Å². The van der Waals surface area contributed by atoms with Crippen LogP contribution in [0.15, 0.2) is 83.5 Å². The van der Waals surface area contributed by atoms with E-state index < -0.39 is 5.54 Å². The van der Waals surface area contributed by atoms with Gasteiger partial charge in [-0.05, 0) is 61.9 Å². The van der Waals surface area contributed by atoms with Gasteiger partial charge < -0.3 is 23.9 Å². The summed E-state index contributed by atoms with van der Waals surface area (Å²) >= 11 is 6.01. The Labute approximate surface area is 220 Å². The molecule has 37 heavy (non-hydrogen) atoms. The molecule has 4 aromatic rings. The van der Waals surface area contributed by atoms with Crippen molar-refractivity contribution >= 4 is 23.4 Å². The highest BCUT2D eigenvalue weighted by atomic mass is 35.5. The number of carbonyl (C=O) groups excluding carboxylic acids is 2. The second-order valence-electron chi connectivity index (χ2n) is 9.18. The molecule has 0 saturated heterocycles. The molecule has 0 unspecified atom stereocenters. The first-order valence-corrected chi connectivity index (χ1v) is 12.6. The highest BCUT2D eigenvalue weighted by Gasteiger charge is 2.48. The topological polar surface area (TPSA) is 76.7 Å². The second kappa shape index (κ2) is 10.2. The molecule has 3 heterocycles. The number of ether oxygens (including phenoxy) is 1. The van der Waals surface area contributed by atoms with Gasteiger partial charge in [-0.2, -0.15) is 0 Å². The standard InChI is InChI=1S/C29H28ClN3O4/c1-3-36-25-8-5-4-7-21(25)18-33-27(34)24-15-14-23(26-9-6-16-37-26)32(24)19-29(33,2)28(35)31-17-20-10-12-22(30)13-11-20/h4-16H,3,17-19H2,1-2H3,(H,31,35)/t29-/m1/s1. The summed E-state index contributed by atoms with van der Waals surface area (Å²) in [6.45, 7) is 5.02. The average Bonchev–Trinajstić information content (AvgIpc) is 3.57. The zero-order valence-electron chi connectivity index (χ0n) is 20.7. The van der Waals surface area contributed by atoms with Crippen molar-refractivity contribution in [3.05, 3.63) is 101 Å². The van der Waals surface area contributed by atoms with Gasteiger partial charge in [-0.1, -0.05) is 41.9 Å². The Kier molecular flexibility index (Phi) is 6.80. The number of nitrogens with one attached hydrogen (secondary N) is 1. The first-order chi connectivity index (χ1) is 17.9. The maximum absolute atomic E-state index is 13.9. The highest BCUT2D eigenvalue weighted by Crippen LogP contribution is 2.35. The minimum Gasteiger partial charge on any atom is -0.494 e. The maximum atomic E-state index is 13.9. The molecule has 5 rings (SSSR count). The van der Waals surface area contributed by atoms with Crippen LogP contribution in [0.3, 0.4) is 0 Å². The number of rotatable bonds is 8. The largest absolute Gasteiger partial charge is 0.494 e. The van der Waals surface area contributed by atoms with Crippen LogP contribution in [0, 0.1) is 0 Å². The zero-order chi connectivity index (χ0) is 26.0. The van der Waals surface area contributed by atoms with Crippen LogP contribution in [0.2, 0.25) is 5.02 Å². The number of nitrogens with zero attached hydrogens (tertiary/aromatic N) is 2. The van der Waals surface area contributed by atoms with Crippen LogP contribution in [-0.2, 0) is 24.4 Å². The Balaban J connectivity index is 1.52. The number of carbonyl (C=O) groups is 2. The number of hydrogen-bond donors (Lipinski definition) is 1. The molecule has 2 aromatic carbocycles. The van der Waals surface area contributed by atoms with E-state index >= 15 is 0 Å². The van der Waals surface area contributed by atoms with Crippen molar-refractivity contribution in [2.24, 2.45) is 0 Å². The van der Waals surface area contributed by atoms with E-state index in [1.165, 1.54) is 0 Å². The van der Waals surface area contributed by atoms with E-state index in [0.29, 0.717) is 35.4 Å². The van der Waals surface area contributed by atoms with Crippen LogP contribution in [0.25, 0.3) is 11.5 Å². The Morgan fingerprint density at radius 2 is 1.81 bits per heavy atom. The normalized spacial score (nSPS) is 16.9. The molecule has 1 N–H and O–H groups in total. The second-order valence-corrected chi connectivity index (χ2v) is 9.62. The van der Waals surface area contributed by atoms with E-state index in [4.69, 9.17) is 20.8 Å². The third-order valence-corrected chi connectivity index (χ3v) is 6.99. The molecule has 1 atom stereocenters. The van der Waals surface area contributed by atoms with Crippen molar-refractivity contribution in [2.75, 3.05) is 6.61 Å². The molecule has 8 heteroatoms. The van der Waals surface area contributed by atoms with E-state index in [9.17, 15) is 9.59 Å². The molecule has 2 aromatic heterocycles. The number of halogens is 1. The molecule has 1 aliphatic heterocycles. The average molecular weight is 518 g/mol. The first kappa shape index (κ1) is 24.7. The van der Waals surface area contributed by atoms with Gasteiger partial charge in [0.1, 0.15) is 22.7 Å². The molecule has 0 fully saturated rings. The lowest BCUT2D eigenvalue weighted by molar-refractivity contribution is -0.133. The fraction of sp³-hybridized carbons (Fsp3) is 0.241. The Morgan fingerprint density at radius 1 is 1.05 bits per heavy atom. The molecule has 0 saturated carbocycles. The van der Waals surface area contributed by atoms with Gasteiger partial charge in [0.2, 0.25) is 5.91 Å². The van der Waals surface area contributed by atoms with E-state index in [1.54, 1.807) is 42.4 Å². The van der Waals surface area contributed by atoms with Crippen molar-refractivity contribution in [1.82, 2.24) is 14.8 Å². The lowest BCUT2D eigenvalue weighted by Crippen LogP contribution is -2.63. The van der Waals surface area contributed by atoms with E-state index in [-0.39, 0.29) is 24.9 Å². The van der Waals surface area contributed by atoms with Crippen molar-refractivity contribution in [3.63, 3.8) is 0 Å². The number of para-hydroxylation sites is 1. The Hall–Kier alpha value is -3.97. The van der Waals surface area contributed by atoms with E-state index in [1.807, 2.05) is 60.0 Å². The molecule has 0 bridgehead atoms. The van der Waals surface area contributed by atoms with Gasteiger partial charge in [-0.25, -0.2) is 0 Å². The molecular formula is C29H28ClN3O4. The van der Waals surface area contributed by atoms with Crippen LogP contribution in [0.4, 0.5) is 0 Å². The number of benzene rings is 2. The van der Waals surface area contributed by atoms with Crippen molar-refractivity contribution < 1.29 is 18.7 Å². The van der Waals surface area contributed by atoms with Crippen molar-refractivity contribution in [2.45, 2.75) is 39.0 Å². The molecule has 190 valence electrons. The summed E-state index contributed by atoms with van der Waals surface area (Å²) in [5.74, 6) is 0.839. The van der Waals surface area contributed by atoms with Crippen LogP contribution in [-0.4, -0.2) is 33.4 Å². The monoisotopic (exact) mass is 517 g/mol. The van der Waals surface area contributed by atoms with Gasteiger partial charge in [0.25, 0.3) is 5.91 Å². The SMILES string of the molecule is CCOc1ccccc1CN1C(=O)c2ccc(-c3ccco3)n2C[C@]1(C)C(=O)NCc1ccc(Cl)cc1. The summed E-state index contributed by atoms with van der Waals surface area (Å²) in [5.41, 5.74) is 1.81. The third kappa shape index (κ3) is 4.74. The minimum atomic E-state index is -1.18. The number of amides is 2. The number of fused-ring (bicyclic) bond motifs is 1. The van der Waals surface area contributed by atoms with Crippen LogP contribution in [0.5, 0.6) is 5.75 Å². The fourth-order valence-electron chi connectivity index (χ4n) is 4.74. The number of aromatic nitrogens is 1. The Bertz CT molecular complexity index is 1410. The van der Waals surface area contributed by atoms with Gasteiger partial charge in [0.05, 0.1) is 31.7 Å². The molecule has 0 aliphatic carbocycles. The van der Waals surface area contributed by atoms with Crippen molar-refractivity contribution in [1.29, 1.82) is 0 Å². The molecule has 0 spiro atoms. The first-order valence-electron chi connectivity index (χ1n) is 12.2. The lowest BCUT2D eigenvalue weighted by Gasteiger charge is -2.44. The quantitative estimate of drug-likeness (QED) is 0.333. The highest BCUT2D eigenvalue weighted by molar-refractivity contribution is 6.30. The Morgan fingerprint density at radius 3 is 2.54 bits per heavy atom. The molecule has 2 amide bonds. The number of furan rings is 1. The summed E-state index contributed by atoms with van der Waals surface area (Å²) in [6.07, 6.45) is 1.59. The molecular weight excluding hydrogens is 490 g/mol. The third-order valence-electron chi connectivity index (χ3n) is 6.74. The van der Waals surface area contributed by atoms with Gasteiger partial charge in [-0.15, -0.1) is 0 Å². The molecule has 1 aliphatic rings. The predicted molar refractivity (Wildman–Crippen MR) is 141 cm³/mol. The van der Waals surface area contributed by atoms with Crippen LogP contribution in [0.1, 0.15) is 35.5 Å². The van der Waals surface area contributed by atoms with E-state index in [2.05, 4.69) is 5.32 Å². The molecule has 0 radical (unpaired) electrons. The fourth-order valence-corrected chi connectivity index (χ4v) is 4.86. The summed E-state index contributed by atoms with van der Waals surface area (Å²) in [4.78, 5) is 29.4. The summed E-state index contributed by atoms with van der Waals surface area (Å²) < 4.78 is 13.3. The van der Waals surface area contributed by atoms with Gasteiger partial charge >= 0.3 is 0 Å². The van der Waals surface area contributed by atoms with Crippen molar-refractivity contribution in [3.8, 4) is 17.2 Å². The van der Waals surface area contributed by atoms with Gasteiger partial charge in [0.15, 0.2) is 0 Å². The lowest BCUT2D eigenvalue weighted by atomic mass is 9.93. The van der Waals surface area contributed by atoms with E-state index in [0.717, 1.165) is 16.8 Å². The van der Waals surface area contributed by atoms with Gasteiger partial charge in [-0.3, -0.25) is 9.59 Å². The van der Waals surface area contributed by atoms with Gasteiger partial charge in [0, 0.05) is 17.1 Å². The summed E-state index contributed by atoms with van der Waals surface area (Å²) in [5, 5.41) is 3.67. The summed E-state index contributed by atoms with van der Waals surface area (Å²) in [7, 11) is 0. The van der Waals surface area contributed by atoms with Crippen LogP contribution < -0.4 is 10.1 Å². The maximum Gasteiger partial charge on any atom is 0.271 e. The summed E-state index contributed by atoms with van der Waals surface area (Å²) in [6, 6.07) is 22.2. The predicted octanol–water partition coefficient (Wildman–Crippen LogP) is 5.53. The molecule has 7 nitrogen and oxygen atoms in total.